The summed E-state index contributed by atoms with van der Waals surface area (Å²) in [6.45, 7) is 3.92. The highest BCUT2D eigenvalue weighted by molar-refractivity contribution is 7.87. The van der Waals surface area contributed by atoms with E-state index in [-0.39, 0.29) is 23.8 Å². The highest BCUT2D eigenvalue weighted by Gasteiger charge is 2.24. The molecule has 2 aromatic rings. The summed E-state index contributed by atoms with van der Waals surface area (Å²) in [5.41, 5.74) is 0.962. The second-order valence-corrected chi connectivity index (χ2v) is 6.47. The van der Waals surface area contributed by atoms with Crippen LogP contribution in [-0.4, -0.2) is 8.42 Å². The van der Waals surface area contributed by atoms with Crippen LogP contribution in [0.1, 0.15) is 25.3 Å². The van der Waals surface area contributed by atoms with Crippen molar-refractivity contribution in [2.45, 2.75) is 24.7 Å². The molecule has 0 fully saturated rings. The lowest BCUT2D eigenvalue weighted by Gasteiger charge is -2.10. The fourth-order valence-corrected chi connectivity index (χ4v) is 2.78. The van der Waals surface area contributed by atoms with Crippen LogP contribution in [-0.2, 0) is 10.1 Å². The average Bonchev–Trinajstić information content (AvgIpc) is 2.42. The molecule has 0 bridgehead atoms. The maximum atomic E-state index is 13.5. The van der Waals surface area contributed by atoms with E-state index in [0.29, 0.717) is 0 Å². The predicted molar refractivity (Wildman–Crippen MR) is 74.7 cm³/mol. The molecule has 0 N–H and O–H groups in total. The van der Waals surface area contributed by atoms with Crippen LogP contribution < -0.4 is 4.18 Å². The van der Waals surface area contributed by atoms with E-state index >= 15 is 0 Å². The lowest BCUT2D eigenvalue weighted by Crippen LogP contribution is -2.12. The Morgan fingerprint density at radius 1 is 0.909 bits per heavy atom. The van der Waals surface area contributed by atoms with Crippen molar-refractivity contribution in [1.82, 2.24) is 0 Å². The minimum Gasteiger partial charge on any atom is -0.379 e. The van der Waals surface area contributed by atoms with Gasteiger partial charge in [0.05, 0.1) is 0 Å². The Balaban J connectivity index is 2.33. The van der Waals surface area contributed by atoms with Gasteiger partial charge in [-0.2, -0.15) is 8.42 Å². The maximum Gasteiger partial charge on any atom is 0.342 e. The fraction of sp³-hybridized carbons (Fsp3) is 0.200. The smallest absolute Gasteiger partial charge is 0.342 e. The van der Waals surface area contributed by atoms with Crippen molar-refractivity contribution in [3.05, 3.63) is 59.4 Å². The number of benzene rings is 2. The molecular formula is C15H13F3O3S. The third-order valence-corrected chi connectivity index (χ3v) is 4.26. The van der Waals surface area contributed by atoms with Crippen LogP contribution in [0.2, 0.25) is 0 Å². The van der Waals surface area contributed by atoms with Crippen molar-refractivity contribution in [1.29, 1.82) is 0 Å². The molecule has 0 saturated carbocycles. The number of hydrogen-bond donors (Lipinski definition) is 0. The van der Waals surface area contributed by atoms with E-state index in [4.69, 9.17) is 4.18 Å². The van der Waals surface area contributed by atoms with Gasteiger partial charge in [0, 0.05) is 12.1 Å². The van der Waals surface area contributed by atoms with Crippen molar-refractivity contribution < 1.29 is 25.8 Å². The molecule has 0 unspecified atom stereocenters. The van der Waals surface area contributed by atoms with E-state index in [1.54, 1.807) is 12.1 Å². The second-order valence-electron chi connectivity index (χ2n) is 4.96. The topological polar surface area (TPSA) is 43.4 Å². The summed E-state index contributed by atoms with van der Waals surface area (Å²) in [5, 5.41) is 0. The Labute approximate surface area is 126 Å². The Morgan fingerprint density at radius 3 is 2.00 bits per heavy atom. The molecule has 0 heterocycles. The average molecular weight is 330 g/mol. The quantitative estimate of drug-likeness (QED) is 0.629. The molecule has 22 heavy (non-hydrogen) atoms. The van der Waals surface area contributed by atoms with Crippen LogP contribution in [0.15, 0.2) is 41.3 Å². The Bertz CT molecular complexity index is 784. The van der Waals surface area contributed by atoms with Crippen LogP contribution >= 0.6 is 0 Å². The molecular weight excluding hydrogens is 317 g/mol. The van der Waals surface area contributed by atoms with Gasteiger partial charge in [0.2, 0.25) is 0 Å². The molecule has 0 amide bonds. The molecule has 0 aromatic heterocycles. The molecule has 2 rings (SSSR count). The monoisotopic (exact) mass is 330 g/mol. The Kier molecular flexibility index (Phi) is 4.46. The lowest BCUT2D eigenvalue weighted by molar-refractivity contribution is 0.460. The summed E-state index contributed by atoms with van der Waals surface area (Å²) in [6, 6.07) is 6.56. The third-order valence-electron chi connectivity index (χ3n) is 3.00. The van der Waals surface area contributed by atoms with Crippen molar-refractivity contribution in [2.75, 3.05) is 0 Å². The largest absolute Gasteiger partial charge is 0.379 e. The van der Waals surface area contributed by atoms with Crippen molar-refractivity contribution in [2.24, 2.45) is 0 Å². The number of halogens is 3. The third kappa shape index (κ3) is 3.41. The van der Waals surface area contributed by atoms with Gasteiger partial charge >= 0.3 is 10.1 Å². The summed E-state index contributed by atoms with van der Waals surface area (Å²) in [5.74, 6) is -4.17. The van der Waals surface area contributed by atoms with Crippen LogP contribution in [0.5, 0.6) is 5.75 Å². The lowest BCUT2D eigenvalue weighted by atomic mass is 10.0. The molecule has 0 spiro atoms. The van der Waals surface area contributed by atoms with Crippen molar-refractivity contribution in [3.63, 3.8) is 0 Å². The summed E-state index contributed by atoms with van der Waals surface area (Å²) in [7, 11) is -4.60. The van der Waals surface area contributed by atoms with E-state index in [0.717, 1.165) is 5.56 Å². The summed E-state index contributed by atoms with van der Waals surface area (Å²) in [6.07, 6.45) is 0. The molecule has 0 aliphatic heterocycles. The van der Waals surface area contributed by atoms with E-state index < -0.39 is 32.5 Å². The Morgan fingerprint density at radius 2 is 1.45 bits per heavy atom. The van der Waals surface area contributed by atoms with Gasteiger partial charge in [-0.25, -0.2) is 13.2 Å². The van der Waals surface area contributed by atoms with E-state index in [1.165, 1.54) is 12.1 Å². The normalized spacial score (nSPS) is 11.7. The number of hydrogen-bond acceptors (Lipinski definition) is 3. The van der Waals surface area contributed by atoms with E-state index in [2.05, 4.69) is 0 Å². The molecule has 0 atom stereocenters. The summed E-state index contributed by atoms with van der Waals surface area (Å²) >= 11 is 0. The molecule has 2 aromatic carbocycles. The zero-order valence-corrected chi connectivity index (χ0v) is 12.6. The molecule has 0 radical (unpaired) electrons. The molecule has 3 nitrogen and oxygen atoms in total. The van der Waals surface area contributed by atoms with Gasteiger partial charge in [0.25, 0.3) is 0 Å². The van der Waals surface area contributed by atoms with E-state index in [9.17, 15) is 21.6 Å². The zero-order chi connectivity index (χ0) is 16.5. The molecule has 118 valence electrons. The van der Waals surface area contributed by atoms with Crippen LogP contribution in [0, 0.1) is 17.5 Å². The van der Waals surface area contributed by atoms with Gasteiger partial charge in [-0.05, 0) is 23.6 Å². The van der Waals surface area contributed by atoms with Gasteiger partial charge in [0.15, 0.2) is 11.6 Å². The van der Waals surface area contributed by atoms with Crippen molar-refractivity contribution in [3.8, 4) is 5.75 Å². The van der Waals surface area contributed by atoms with Gasteiger partial charge in [-0.3, -0.25) is 0 Å². The van der Waals surface area contributed by atoms with Crippen LogP contribution in [0.4, 0.5) is 13.2 Å². The van der Waals surface area contributed by atoms with Crippen LogP contribution in [0.25, 0.3) is 0 Å². The molecule has 7 heteroatoms. The van der Waals surface area contributed by atoms with Crippen molar-refractivity contribution >= 4 is 10.1 Å². The number of rotatable bonds is 4. The Hall–Kier alpha value is -2.02. The first-order valence-corrected chi connectivity index (χ1v) is 7.80. The standard InChI is InChI=1S/C15H13F3O3S/c1-9(2)10-3-5-11(6-4-10)21-22(19,20)15-8-13(17)12(16)7-14(15)18/h3-9H,1-2H3. The second kappa shape index (κ2) is 6.00. The predicted octanol–water partition coefficient (Wildman–Crippen LogP) is 4.00. The minimum absolute atomic E-state index is 0.0477. The van der Waals surface area contributed by atoms with E-state index in [1.807, 2.05) is 13.8 Å². The highest BCUT2D eigenvalue weighted by Crippen LogP contribution is 2.24. The van der Waals surface area contributed by atoms with Gasteiger partial charge in [-0.1, -0.05) is 26.0 Å². The molecule has 0 saturated heterocycles. The molecule has 0 aliphatic rings. The maximum absolute atomic E-state index is 13.5. The first-order valence-electron chi connectivity index (χ1n) is 6.39. The fourth-order valence-electron chi connectivity index (χ4n) is 1.78. The van der Waals surface area contributed by atoms with Crippen LogP contribution in [0.3, 0.4) is 0 Å². The minimum atomic E-state index is -4.60. The van der Waals surface area contributed by atoms with Gasteiger partial charge in [0.1, 0.15) is 16.5 Å². The summed E-state index contributed by atoms with van der Waals surface area (Å²) < 4.78 is 68.1. The first kappa shape index (κ1) is 16.4. The van der Waals surface area contributed by atoms with Gasteiger partial charge in [-0.15, -0.1) is 0 Å². The summed E-state index contributed by atoms with van der Waals surface area (Å²) in [4.78, 5) is -1.06. The van der Waals surface area contributed by atoms with Gasteiger partial charge < -0.3 is 4.18 Å². The first-order chi connectivity index (χ1) is 10.2. The molecule has 0 aliphatic carbocycles. The highest BCUT2D eigenvalue weighted by atomic mass is 32.2. The SMILES string of the molecule is CC(C)c1ccc(OS(=O)(=O)c2cc(F)c(F)cc2F)cc1. The zero-order valence-electron chi connectivity index (χ0n) is 11.8.